The number of rotatable bonds is 5. The highest BCUT2D eigenvalue weighted by atomic mass is 32.2. The first-order chi connectivity index (χ1) is 10.2. The maximum atomic E-state index is 12.2. The molecule has 0 saturated heterocycles. The largest absolute Gasteiger partial charge is 0.240 e. The van der Waals surface area contributed by atoms with Crippen LogP contribution in [0.25, 0.3) is 0 Å². The van der Waals surface area contributed by atoms with Gasteiger partial charge in [-0.05, 0) is 42.3 Å². The van der Waals surface area contributed by atoms with Crippen LogP contribution in [0, 0.1) is 6.92 Å². The molecular weight excluding hydrogens is 322 g/mol. The van der Waals surface area contributed by atoms with E-state index in [0.717, 1.165) is 11.8 Å². The summed E-state index contributed by atoms with van der Waals surface area (Å²) in [6.07, 6.45) is 1.13. The van der Waals surface area contributed by atoms with E-state index in [1.807, 2.05) is 13.0 Å². The smallest absolute Gasteiger partial charge is 0.224 e. The molecule has 0 atom stereocenters. The van der Waals surface area contributed by atoms with Crippen LogP contribution in [-0.4, -0.2) is 23.1 Å². The Balaban J connectivity index is 2.12. The fourth-order valence-electron chi connectivity index (χ4n) is 1.90. The summed E-state index contributed by atoms with van der Waals surface area (Å²) in [6.45, 7) is 1.92. The van der Waals surface area contributed by atoms with Crippen LogP contribution in [0.15, 0.2) is 58.3 Å². The zero-order valence-corrected chi connectivity index (χ0v) is 13.9. The molecular formula is C15H17NO4S2. The first kappa shape index (κ1) is 16.7. The van der Waals surface area contributed by atoms with E-state index in [-0.39, 0.29) is 16.3 Å². The molecule has 0 aliphatic rings. The molecule has 7 heteroatoms. The van der Waals surface area contributed by atoms with Gasteiger partial charge >= 0.3 is 0 Å². The van der Waals surface area contributed by atoms with E-state index in [4.69, 9.17) is 0 Å². The number of sulfone groups is 1. The van der Waals surface area contributed by atoms with Gasteiger partial charge in [0.25, 0.3) is 0 Å². The van der Waals surface area contributed by atoms with Crippen molar-refractivity contribution in [1.29, 1.82) is 0 Å². The van der Waals surface area contributed by atoms with E-state index < -0.39 is 19.9 Å². The van der Waals surface area contributed by atoms with Crippen LogP contribution in [0.1, 0.15) is 11.1 Å². The van der Waals surface area contributed by atoms with Crippen LogP contribution >= 0.6 is 0 Å². The monoisotopic (exact) mass is 339 g/mol. The van der Waals surface area contributed by atoms with Gasteiger partial charge in [-0.15, -0.1) is 0 Å². The van der Waals surface area contributed by atoms with Crippen LogP contribution in [0.2, 0.25) is 0 Å². The molecule has 118 valence electrons. The second-order valence-electron chi connectivity index (χ2n) is 5.06. The minimum absolute atomic E-state index is 0.0975. The molecule has 0 radical (unpaired) electrons. The Labute approximate surface area is 131 Å². The molecule has 0 aliphatic heterocycles. The number of hydrogen-bond donors (Lipinski definition) is 1. The summed E-state index contributed by atoms with van der Waals surface area (Å²) in [5.74, 6) is 0. The Kier molecular flexibility index (Phi) is 4.69. The van der Waals surface area contributed by atoms with Gasteiger partial charge in [0.15, 0.2) is 9.84 Å². The van der Waals surface area contributed by atoms with Gasteiger partial charge in [-0.25, -0.2) is 21.6 Å². The Hall–Kier alpha value is -1.70. The maximum absolute atomic E-state index is 12.2. The van der Waals surface area contributed by atoms with Crippen LogP contribution in [0.3, 0.4) is 0 Å². The molecule has 5 nitrogen and oxygen atoms in total. The lowest BCUT2D eigenvalue weighted by Crippen LogP contribution is -2.23. The fraction of sp³-hybridized carbons (Fsp3) is 0.200. The van der Waals surface area contributed by atoms with Crippen molar-refractivity contribution in [1.82, 2.24) is 4.72 Å². The predicted molar refractivity (Wildman–Crippen MR) is 84.8 cm³/mol. The molecule has 0 unspecified atom stereocenters. The van der Waals surface area contributed by atoms with Crippen molar-refractivity contribution in [2.24, 2.45) is 0 Å². The van der Waals surface area contributed by atoms with E-state index >= 15 is 0 Å². The van der Waals surface area contributed by atoms with E-state index in [1.54, 1.807) is 24.3 Å². The number of nitrogens with one attached hydrogen (secondary N) is 1. The molecule has 2 aromatic rings. The third kappa shape index (κ3) is 4.16. The lowest BCUT2D eigenvalue weighted by molar-refractivity contribution is 0.581. The van der Waals surface area contributed by atoms with Crippen molar-refractivity contribution < 1.29 is 16.8 Å². The quantitative estimate of drug-likeness (QED) is 0.902. The zero-order chi connectivity index (χ0) is 16.4. The Morgan fingerprint density at radius 3 is 2.09 bits per heavy atom. The van der Waals surface area contributed by atoms with Crippen molar-refractivity contribution in [3.8, 4) is 0 Å². The van der Waals surface area contributed by atoms with Gasteiger partial charge in [0.1, 0.15) is 0 Å². The molecule has 0 saturated carbocycles. The minimum atomic E-state index is -3.59. The molecule has 0 aliphatic carbocycles. The first-order valence-electron chi connectivity index (χ1n) is 6.54. The van der Waals surface area contributed by atoms with Gasteiger partial charge in [-0.3, -0.25) is 0 Å². The molecule has 0 heterocycles. The molecule has 0 aromatic heterocycles. The SMILES string of the molecule is Cc1cccc(S(=O)(=O)NCc2ccc(S(C)(=O)=O)cc2)c1. The summed E-state index contributed by atoms with van der Waals surface area (Å²) in [4.78, 5) is 0.415. The highest BCUT2D eigenvalue weighted by Crippen LogP contribution is 2.13. The summed E-state index contributed by atoms with van der Waals surface area (Å²) in [6, 6.07) is 12.7. The summed E-state index contributed by atoms with van der Waals surface area (Å²) in [7, 11) is -6.84. The third-order valence-corrected chi connectivity index (χ3v) is 5.65. The molecule has 2 rings (SSSR count). The summed E-state index contributed by atoms with van der Waals surface area (Å²) >= 11 is 0. The van der Waals surface area contributed by atoms with Gasteiger partial charge in [-0.2, -0.15) is 0 Å². The Morgan fingerprint density at radius 1 is 0.909 bits per heavy atom. The molecule has 2 aromatic carbocycles. The average Bonchev–Trinajstić information content (AvgIpc) is 2.45. The molecule has 0 amide bonds. The fourth-order valence-corrected chi connectivity index (χ4v) is 3.65. The van der Waals surface area contributed by atoms with E-state index in [9.17, 15) is 16.8 Å². The average molecular weight is 339 g/mol. The normalized spacial score (nSPS) is 12.3. The molecule has 1 N–H and O–H groups in total. The van der Waals surface area contributed by atoms with Gasteiger partial charge in [0.05, 0.1) is 9.79 Å². The van der Waals surface area contributed by atoms with Crippen molar-refractivity contribution in [3.63, 3.8) is 0 Å². The Bertz CT molecular complexity index is 870. The zero-order valence-electron chi connectivity index (χ0n) is 12.3. The van der Waals surface area contributed by atoms with Crippen LogP contribution < -0.4 is 4.72 Å². The van der Waals surface area contributed by atoms with Crippen molar-refractivity contribution in [2.75, 3.05) is 6.26 Å². The molecule has 0 spiro atoms. The summed E-state index contributed by atoms with van der Waals surface area (Å²) < 4.78 is 49.6. The molecule has 0 bridgehead atoms. The molecule has 22 heavy (non-hydrogen) atoms. The van der Waals surface area contributed by atoms with E-state index in [0.29, 0.717) is 5.56 Å². The second kappa shape index (κ2) is 6.20. The van der Waals surface area contributed by atoms with E-state index in [2.05, 4.69) is 4.72 Å². The summed E-state index contributed by atoms with van der Waals surface area (Å²) in [5, 5.41) is 0. The second-order valence-corrected chi connectivity index (χ2v) is 8.84. The highest BCUT2D eigenvalue weighted by molar-refractivity contribution is 7.90. The van der Waals surface area contributed by atoms with Crippen LogP contribution in [0.5, 0.6) is 0 Å². The van der Waals surface area contributed by atoms with Gasteiger partial charge in [-0.1, -0.05) is 24.3 Å². The molecule has 0 fully saturated rings. The first-order valence-corrected chi connectivity index (χ1v) is 9.91. The third-order valence-electron chi connectivity index (χ3n) is 3.12. The van der Waals surface area contributed by atoms with Crippen LogP contribution in [-0.2, 0) is 26.4 Å². The van der Waals surface area contributed by atoms with E-state index in [1.165, 1.54) is 18.2 Å². The lowest BCUT2D eigenvalue weighted by atomic mass is 10.2. The highest BCUT2D eigenvalue weighted by Gasteiger charge is 2.14. The Morgan fingerprint density at radius 2 is 1.55 bits per heavy atom. The van der Waals surface area contributed by atoms with Gasteiger partial charge < -0.3 is 0 Å². The number of benzene rings is 2. The predicted octanol–water partition coefficient (Wildman–Crippen LogP) is 1.88. The topological polar surface area (TPSA) is 80.3 Å². The standard InChI is InChI=1S/C15H17NO4S2/c1-12-4-3-5-15(10-12)22(19,20)16-11-13-6-8-14(9-7-13)21(2,17)18/h3-10,16H,11H2,1-2H3. The van der Waals surface area contributed by atoms with Gasteiger partial charge in [0.2, 0.25) is 10.0 Å². The maximum Gasteiger partial charge on any atom is 0.240 e. The number of sulfonamides is 1. The minimum Gasteiger partial charge on any atom is -0.224 e. The number of aryl methyl sites for hydroxylation is 1. The van der Waals surface area contributed by atoms with Crippen molar-refractivity contribution >= 4 is 19.9 Å². The van der Waals surface area contributed by atoms with Gasteiger partial charge in [0, 0.05) is 12.8 Å². The van der Waals surface area contributed by atoms with Crippen molar-refractivity contribution in [3.05, 3.63) is 59.7 Å². The van der Waals surface area contributed by atoms with Crippen molar-refractivity contribution in [2.45, 2.75) is 23.3 Å². The number of hydrogen-bond acceptors (Lipinski definition) is 4. The summed E-state index contributed by atoms with van der Waals surface area (Å²) in [5.41, 5.74) is 1.55. The lowest BCUT2D eigenvalue weighted by Gasteiger charge is -2.08. The van der Waals surface area contributed by atoms with Crippen LogP contribution in [0.4, 0.5) is 0 Å².